The number of carbonyl (C=O) groups excluding carboxylic acids is 1. The summed E-state index contributed by atoms with van der Waals surface area (Å²) in [6.45, 7) is 5.32. The van der Waals surface area contributed by atoms with Gasteiger partial charge in [-0.15, -0.1) is 0 Å². The first kappa shape index (κ1) is 13.3. The Morgan fingerprint density at radius 3 is 2.35 bits per heavy atom. The Balaban J connectivity index is 2.86. The summed E-state index contributed by atoms with van der Waals surface area (Å²) in [5.74, 6) is -1.40. The van der Waals surface area contributed by atoms with Gasteiger partial charge < -0.3 is 15.0 Å². The highest BCUT2D eigenvalue weighted by Crippen LogP contribution is 2.19. The van der Waals surface area contributed by atoms with Gasteiger partial charge in [0.1, 0.15) is 11.7 Å². The van der Waals surface area contributed by atoms with Gasteiger partial charge >= 0.3 is 5.97 Å². The van der Waals surface area contributed by atoms with E-state index in [1.54, 1.807) is 50.7 Å². The molecule has 0 aromatic carbocycles. The summed E-state index contributed by atoms with van der Waals surface area (Å²) in [6, 6.07) is 2.48. The summed E-state index contributed by atoms with van der Waals surface area (Å²) in [5.41, 5.74) is -0.0902. The van der Waals surface area contributed by atoms with Gasteiger partial charge in [0.15, 0.2) is 0 Å². The van der Waals surface area contributed by atoms with Crippen LogP contribution >= 0.6 is 0 Å². The monoisotopic (exact) mass is 238 g/mol. The van der Waals surface area contributed by atoms with Gasteiger partial charge in [-0.2, -0.15) is 0 Å². The third kappa shape index (κ3) is 3.09. The number of carboxylic acids is 1. The fourth-order valence-corrected chi connectivity index (χ4v) is 1.55. The normalized spacial score (nSPS) is 13.2. The first-order valence-corrected chi connectivity index (χ1v) is 5.38. The van der Waals surface area contributed by atoms with E-state index in [1.165, 1.54) is 0 Å². The Labute approximate surface area is 100 Å². The topological polar surface area (TPSA) is 71.3 Å². The SMILES string of the molecule is Cn1cccc1C(=O)N[C@@H](C(=O)O)C(C)(C)C. The van der Waals surface area contributed by atoms with Crippen LogP contribution in [0.25, 0.3) is 0 Å². The van der Waals surface area contributed by atoms with E-state index in [-0.39, 0.29) is 5.91 Å². The van der Waals surface area contributed by atoms with Gasteiger partial charge in [-0.05, 0) is 17.5 Å². The Morgan fingerprint density at radius 1 is 1.41 bits per heavy atom. The van der Waals surface area contributed by atoms with E-state index in [4.69, 9.17) is 5.11 Å². The largest absolute Gasteiger partial charge is 0.480 e. The summed E-state index contributed by atoms with van der Waals surface area (Å²) in [5, 5.41) is 11.6. The average Bonchev–Trinajstić information content (AvgIpc) is 2.58. The van der Waals surface area contributed by atoms with Crippen molar-refractivity contribution in [1.82, 2.24) is 9.88 Å². The zero-order valence-corrected chi connectivity index (χ0v) is 10.5. The second-order valence-electron chi connectivity index (χ2n) is 5.12. The van der Waals surface area contributed by atoms with Gasteiger partial charge in [-0.1, -0.05) is 20.8 Å². The molecule has 5 heteroatoms. The molecule has 0 saturated carbocycles. The van der Waals surface area contributed by atoms with E-state index in [2.05, 4.69) is 5.32 Å². The number of amides is 1. The van der Waals surface area contributed by atoms with Crippen LogP contribution in [-0.2, 0) is 11.8 Å². The fraction of sp³-hybridized carbons (Fsp3) is 0.500. The molecule has 1 rings (SSSR count). The van der Waals surface area contributed by atoms with Crippen molar-refractivity contribution in [2.24, 2.45) is 12.5 Å². The molecule has 0 radical (unpaired) electrons. The van der Waals surface area contributed by atoms with E-state index in [0.717, 1.165) is 0 Å². The first-order valence-electron chi connectivity index (χ1n) is 5.38. The molecule has 0 saturated heterocycles. The predicted octanol–water partition coefficient (Wildman–Crippen LogP) is 1.25. The highest BCUT2D eigenvalue weighted by atomic mass is 16.4. The Hall–Kier alpha value is -1.78. The molecule has 0 fully saturated rings. The molecule has 0 aliphatic carbocycles. The second kappa shape index (κ2) is 4.61. The lowest BCUT2D eigenvalue weighted by molar-refractivity contribution is -0.142. The molecule has 0 aliphatic heterocycles. The standard InChI is InChI=1S/C12H18N2O3/c1-12(2,3)9(11(16)17)13-10(15)8-6-5-7-14(8)4/h5-7,9H,1-4H3,(H,13,15)(H,16,17)/t9-/m0/s1. The molecule has 5 nitrogen and oxygen atoms in total. The molecular weight excluding hydrogens is 220 g/mol. The summed E-state index contributed by atoms with van der Waals surface area (Å²) in [6.07, 6.45) is 1.74. The van der Waals surface area contributed by atoms with Crippen LogP contribution in [0.15, 0.2) is 18.3 Å². The molecule has 0 bridgehead atoms. The molecule has 1 aromatic rings. The van der Waals surface area contributed by atoms with Crippen molar-refractivity contribution in [2.75, 3.05) is 0 Å². The molecule has 1 amide bonds. The lowest BCUT2D eigenvalue weighted by atomic mass is 9.86. The molecule has 1 atom stereocenters. The zero-order chi connectivity index (χ0) is 13.2. The van der Waals surface area contributed by atoms with Crippen molar-refractivity contribution in [2.45, 2.75) is 26.8 Å². The molecule has 0 unspecified atom stereocenters. The lowest BCUT2D eigenvalue weighted by Crippen LogP contribution is -2.49. The van der Waals surface area contributed by atoms with Crippen LogP contribution in [0.2, 0.25) is 0 Å². The van der Waals surface area contributed by atoms with E-state index in [0.29, 0.717) is 5.69 Å². The minimum absolute atomic E-state index is 0.375. The number of nitrogens with zero attached hydrogens (tertiary/aromatic N) is 1. The van der Waals surface area contributed by atoms with Crippen molar-refractivity contribution >= 4 is 11.9 Å². The van der Waals surface area contributed by atoms with Gasteiger partial charge in [0.2, 0.25) is 0 Å². The van der Waals surface area contributed by atoms with Gasteiger partial charge in [-0.3, -0.25) is 4.79 Å². The predicted molar refractivity (Wildman–Crippen MR) is 63.8 cm³/mol. The smallest absolute Gasteiger partial charge is 0.326 e. The lowest BCUT2D eigenvalue weighted by Gasteiger charge is -2.27. The van der Waals surface area contributed by atoms with Crippen LogP contribution < -0.4 is 5.32 Å². The van der Waals surface area contributed by atoms with Gasteiger partial charge in [-0.25, -0.2) is 4.79 Å². The minimum atomic E-state index is -1.03. The third-order valence-corrected chi connectivity index (χ3v) is 2.56. The number of nitrogens with one attached hydrogen (secondary N) is 1. The van der Waals surface area contributed by atoms with Crippen LogP contribution in [0.3, 0.4) is 0 Å². The minimum Gasteiger partial charge on any atom is -0.480 e. The Bertz CT molecular complexity index is 429. The van der Waals surface area contributed by atoms with Crippen LogP contribution in [0.4, 0.5) is 0 Å². The Morgan fingerprint density at radius 2 is 2.00 bits per heavy atom. The number of hydrogen-bond acceptors (Lipinski definition) is 2. The average molecular weight is 238 g/mol. The maximum Gasteiger partial charge on any atom is 0.326 e. The zero-order valence-electron chi connectivity index (χ0n) is 10.5. The second-order valence-corrected chi connectivity index (χ2v) is 5.12. The van der Waals surface area contributed by atoms with E-state index in [1.807, 2.05) is 0 Å². The summed E-state index contributed by atoms with van der Waals surface area (Å²) in [4.78, 5) is 23.0. The summed E-state index contributed by atoms with van der Waals surface area (Å²) >= 11 is 0. The number of aryl methyl sites for hydroxylation is 1. The molecular formula is C12H18N2O3. The Kier molecular flexibility index (Phi) is 3.60. The number of aliphatic carboxylic acids is 1. The van der Waals surface area contributed by atoms with Gasteiger partial charge in [0.25, 0.3) is 5.91 Å². The van der Waals surface area contributed by atoms with Crippen molar-refractivity contribution in [3.63, 3.8) is 0 Å². The molecule has 1 heterocycles. The fourth-order valence-electron chi connectivity index (χ4n) is 1.55. The molecule has 17 heavy (non-hydrogen) atoms. The molecule has 0 spiro atoms. The number of aromatic nitrogens is 1. The maximum atomic E-state index is 11.9. The summed E-state index contributed by atoms with van der Waals surface area (Å²) in [7, 11) is 1.74. The van der Waals surface area contributed by atoms with E-state index < -0.39 is 17.4 Å². The van der Waals surface area contributed by atoms with Gasteiger partial charge in [0.05, 0.1) is 0 Å². The van der Waals surface area contributed by atoms with Crippen LogP contribution in [0.1, 0.15) is 31.3 Å². The molecule has 1 aromatic heterocycles. The number of carboxylic acid groups (broad SMARTS) is 1. The van der Waals surface area contributed by atoms with Crippen molar-refractivity contribution in [3.05, 3.63) is 24.0 Å². The molecule has 94 valence electrons. The highest BCUT2D eigenvalue weighted by molar-refractivity contribution is 5.95. The maximum absolute atomic E-state index is 11.9. The number of hydrogen-bond donors (Lipinski definition) is 2. The van der Waals surface area contributed by atoms with Crippen LogP contribution in [0.5, 0.6) is 0 Å². The number of rotatable bonds is 3. The van der Waals surface area contributed by atoms with Crippen molar-refractivity contribution < 1.29 is 14.7 Å². The quantitative estimate of drug-likeness (QED) is 0.832. The van der Waals surface area contributed by atoms with Crippen LogP contribution in [-0.4, -0.2) is 27.6 Å². The number of carbonyl (C=O) groups is 2. The highest BCUT2D eigenvalue weighted by Gasteiger charge is 2.33. The van der Waals surface area contributed by atoms with Crippen molar-refractivity contribution in [3.8, 4) is 0 Å². The summed E-state index contributed by atoms with van der Waals surface area (Å²) < 4.78 is 1.65. The van der Waals surface area contributed by atoms with E-state index in [9.17, 15) is 9.59 Å². The van der Waals surface area contributed by atoms with Gasteiger partial charge in [0, 0.05) is 13.2 Å². The third-order valence-electron chi connectivity index (χ3n) is 2.56. The molecule has 2 N–H and O–H groups in total. The van der Waals surface area contributed by atoms with Crippen LogP contribution in [0, 0.1) is 5.41 Å². The molecule has 0 aliphatic rings. The van der Waals surface area contributed by atoms with Crippen molar-refractivity contribution in [1.29, 1.82) is 0 Å². The first-order chi connectivity index (χ1) is 7.73. The van der Waals surface area contributed by atoms with E-state index >= 15 is 0 Å².